The molecule has 1 saturated carbocycles. The van der Waals surface area contributed by atoms with Crippen LogP contribution < -0.4 is 5.73 Å². The minimum absolute atomic E-state index is 0.0504. The zero-order valence-corrected chi connectivity index (χ0v) is 9.57. The van der Waals surface area contributed by atoms with Gasteiger partial charge in [-0.25, -0.2) is 4.39 Å². The molecular formula is C12H15ClFN. The summed E-state index contributed by atoms with van der Waals surface area (Å²) >= 11 is 5.78. The van der Waals surface area contributed by atoms with Gasteiger partial charge < -0.3 is 5.73 Å². The number of nitrogens with two attached hydrogens (primary N) is 1. The number of hydrogen-bond donors (Lipinski definition) is 1. The smallest absolute Gasteiger partial charge is 0.144 e. The molecule has 0 atom stereocenters. The van der Waals surface area contributed by atoms with Gasteiger partial charge in [-0.15, -0.1) is 0 Å². The summed E-state index contributed by atoms with van der Waals surface area (Å²) in [6, 6.07) is 3.56. The molecule has 1 aliphatic carbocycles. The Morgan fingerprint density at radius 3 is 2.67 bits per heavy atom. The zero-order chi connectivity index (χ0) is 11.1. The maximum Gasteiger partial charge on any atom is 0.144 e. The van der Waals surface area contributed by atoms with Crippen LogP contribution in [0.15, 0.2) is 12.1 Å². The highest BCUT2D eigenvalue weighted by Gasteiger charge is 2.37. The zero-order valence-electron chi connectivity index (χ0n) is 8.82. The van der Waals surface area contributed by atoms with Crippen molar-refractivity contribution in [1.29, 1.82) is 0 Å². The predicted molar refractivity (Wildman–Crippen MR) is 60.6 cm³/mol. The van der Waals surface area contributed by atoms with Gasteiger partial charge in [-0.2, -0.15) is 0 Å². The van der Waals surface area contributed by atoms with Gasteiger partial charge in [0.1, 0.15) is 5.82 Å². The van der Waals surface area contributed by atoms with E-state index in [9.17, 15) is 4.39 Å². The lowest BCUT2D eigenvalue weighted by atomic mass is 10.0. The Morgan fingerprint density at radius 2 is 2.13 bits per heavy atom. The Labute approximate surface area is 94.4 Å². The van der Waals surface area contributed by atoms with Gasteiger partial charge in [-0.1, -0.05) is 17.7 Å². The van der Waals surface area contributed by atoms with Crippen molar-refractivity contribution in [2.45, 2.75) is 38.1 Å². The molecule has 1 aromatic rings. The van der Waals surface area contributed by atoms with Gasteiger partial charge in [-0.05, 0) is 49.8 Å². The molecule has 1 fully saturated rings. The SMILES string of the molecule is Cc1cc(CCC2(N)CC2)cc(Cl)c1F. The second-order valence-corrected chi connectivity index (χ2v) is 4.98. The largest absolute Gasteiger partial charge is 0.325 e. The molecule has 0 heterocycles. The standard InChI is InChI=1S/C12H15ClFN/c1-8-6-9(7-10(13)11(8)14)2-3-12(15)4-5-12/h6-7H,2-5,15H2,1H3. The highest BCUT2D eigenvalue weighted by atomic mass is 35.5. The van der Waals surface area contributed by atoms with Crippen molar-refractivity contribution in [1.82, 2.24) is 0 Å². The molecule has 0 aliphatic heterocycles. The van der Waals surface area contributed by atoms with Gasteiger partial charge in [0, 0.05) is 5.54 Å². The molecule has 0 spiro atoms. The summed E-state index contributed by atoms with van der Waals surface area (Å²) in [4.78, 5) is 0. The van der Waals surface area contributed by atoms with E-state index in [-0.39, 0.29) is 16.4 Å². The first kappa shape index (κ1) is 10.9. The van der Waals surface area contributed by atoms with Crippen LogP contribution >= 0.6 is 11.6 Å². The van der Waals surface area contributed by atoms with Crippen LogP contribution in [-0.4, -0.2) is 5.54 Å². The Bertz CT molecular complexity index is 362. The summed E-state index contributed by atoms with van der Waals surface area (Å²) in [6.07, 6.45) is 4.08. The van der Waals surface area contributed by atoms with Crippen molar-refractivity contribution < 1.29 is 4.39 Å². The number of halogens is 2. The molecule has 0 radical (unpaired) electrons. The van der Waals surface area contributed by atoms with Gasteiger partial charge in [-0.3, -0.25) is 0 Å². The summed E-state index contributed by atoms with van der Waals surface area (Å²) in [5.74, 6) is -0.311. The van der Waals surface area contributed by atoms with Crippen LogP contribution in [0.25, 0.3) is 0 Å². The summed E-state index contributed by atoms with van der Waals surface area (Å²) in [5, 5.41) is 0.215. The lowest BCUT2D eigenvalue weighted by Crippen LogP contribution is -2.22. The molecule has 1 aliphatic rings. The fourth-order valence-electron chi connectivity index (χ4n) is 1.75. The first-order chi connectivity index (χ1) is 7.00. The van der Waals surface area contributed by atoms with Gasteiger partial charge in [0.15, 0.2) is 0 Å². The van der Waals surface area contributed by atoms with Crippen LogP contribution in [0.2, 0.25) is 5.02 Å². The van der Waals surface area contributed by atoms with Crippen LogP contribution in [0.5, 0.6) is 0 Å². The maximum absolute atomic E-state index is 13.2. The van der Waals surface area contributed by atoms with Crippen LogP contribution in [0.1, 0.15) is 30.4 Å². The topological polar surface area (TPSA) is 26.0 Å². The van der Waals surface area contributed by atoms with Crippen molar-refractivity contribution in [3.8, 4) is 0 Å². The maximum atomic E-state index is 13.2. The summed E-state index contributed by atoms with van der Waals surface area (Å²) in [6.45, 7) is 1.74. The lowest BCUT2D eigenvalue weighted by molar-refractivity contribution is 0.602. The second kappa shape index (κ2) is 3.76. The van der Waals surface area contributed by atoms with E-state index in [0.29, 0.717) is 5.56 Å². The Hall–Kier alpha value is -0.600. The van der Waals surface area contributed by atoms with Gasteiger partial charge in [0.25, 0.3) is 0 Å². The van der Waals surface area contributed by atoms with Gasteiger partial charge in [0.2, 0.25) is 0 Å². The van der Waals surface area contributed by atoms with Crippen molar-refractivity contribution in [3.05, 3.63) is 34.1 Å². The van der Waals surface area contributed by atoms with Crippen LogP contribution in [-0.2, 0) is 6.42 Å². The Balaban J connectivity index is 2.08. The van der Waals surface area contributed by atoms with E-state index in [1.165, 1.54) is 0 Å². The summed E-state index contributed by atoms with van der Waals surface area (Å²) in [7, 11) is 0. The molecule has 82 valence electrons. The molecule has 3 heteroatoms. The molecule has 1 aromatic carbocycles. The number of hydrogen-bond acceptors (Lipinski definition) is 1. The van der Waals surface area contributed by atoms with Gasteiger partial charge >= 0.3 is 0 Å². The molecule has 2 rings (SSSR count). The monoisotopic (exact) mass is 227 g/mol. The van der Waals surface area contributed by atoms with E-state index < -0.39 is 0 Å². The third-order valence-electron chi connectivity index (χ3n) is 3.07. The number of rotatable bonds is 3. The molecule has 1 nitrogen and oxygen atoms in total. The third kappa shape index (κ3) is 2.50. The van der Waals surface area contributed by atoms with Crippen LogP contribution in [0.3, 0.4) is 0 Å². The van der Waals surface area contributed by atoms with Crippen molar-refractivity contribution in [2.24, 2.45) is 5.73 Å². The average Bonchev–Trinajstić information content (AvgIpc) is 2.90. The normalized spacial score (nSPS) is 17.9. The van der Waals surface area contributed by atoms with Crippen LogP contribution in [0.4, 0.5) is 4.39 Å². The molecular weight excluding hydrogens is 213 g/mol. The predicted octanol–water partition coefficient (Wildman–Crippen LogP) is 3.21. The molecule has 2 N–H and O–H groups in total. The minimum atomic E-state index is -0.311. The van der Waals surface area contributed by atoms with E-state index in [1.807, 2.05) is 6.07 Å². The molecule has 0 bridgehead atoms. The van der Waals surface area contributed by atoms with E-state index in [2.05, 4.69) is 0 Å². The number of aryl methyl sites for hydroxylation is 2. The van der Waals surface area contributed by atoms with E-state index >= 15 is 0 Å². The first-order valence-corrected chi connectivity index (χ1v) is 5.61. The molecule has 0 unspecified atom stereocenters. The lowest BCUT2D eigenvalue weighted by Gasteiger charge is -2.09. The van der Waals surface area contributed by atoms with E-state index in [1.54, 1.807) is 13.0 Å². The highest BCUT2D eigenvalue weighted by molar-refractivity contribution is 6.30. The molecule has 0 saturated heterocycles. The van der Waals surface area contributed by atoms with Crippen LogP contribution in [0, 0.1) is 12.7 Å². The molecule has 15 heavy (non-hydrogen) atoms. The van der Waals surface area contributed by atoms with E-state index in [0.717, 1.165) is 31.2 Å². The van der Waals surface area contributed by atoms with Crippen molar-refractivity contribution in [2.75, 3.05) is 0 Å². The van der Waals surface area contributed by atoms with Gasteiger partial charge in [0.05, 0.1) is 5.02 Å². The highest BCUT2D eigenvalue weighted by Crippen LogP contribution is 2.36. The van der Waals surface area contributed by atoms with Crippen molar-refractivity contribution >= 4 is 11.6 Å². The second-order valence-electron chi connectivity index (χ2n) is 4.57. The van der Waals surface area contributed by atoms with Crippen molar-refractivity contribution in [3.63, 3.8) is 0 Å². The molecule has 0 amide bonds. The van der Waals surface area contributed by atoms with E-state index in [4.69, 9.17) is 17.3 Å². The number of benzene rings is 1. The fourth-order valence-corrected chi connectivity index (χ4v) is 2.03. The Morgan fingerprint density at radius 1 is 1.47 bits per heavy atom. The summed E-state index contributed by atoms with van der Waals surface area (Å²) < 4.78 is 13.2. The third-order valence-corrected chi connectivity index (χ3v) is 3.35. The minimum Gasteiger partial charge on any atom is -0.325 e. The fraction of sp³-hybridized carbons (Fsp3) is 0.500. The quantitative estimate of drug-likeness (QED) is 0.843. The first-order valence-electron chi connectivity index (χ1n) is 5.24. The Kier molecular flexibility index (Phi) is 2.73. The summed E-state index contributed by atoms with van der Waals surface area (Å²) in [5.41, 5.74) is 7.73. The molecule has 0 aromatic heterocycles. The average molecular weight is 228 g/mol.